The van der Waals surface area contributed by atoms with E-state index in [2.05, 4.69) is 23.5 Å². The first-order valence-electron chi connectivity index (χ1n) is 6.40. The summed E-state index contributed by atoms with van der Waals surface area (Å²) in [7, 11) is 0. The number of benzene rings is 3. The van der Waals surface area contributed by atoms with E-state index in [0.717, 1.165) is 16.6 Å². The second kappa shape index (κ2) is 5.51. The minimum Gasteiger partial charge on any atom is -0.380 e. The zero-order valence-corrected chi connectivity index (χ0v) is 11.5. The fraction of sp³-hybridized carbons (Fsp3) is 0.0588. The Balaban J connectivity index is 1.89. The van der Waals surface area contributed by atoms with Gasteiger partial charge in [-0.2, -0.15) is 0 Å². The van der Waals surface area contributed by atoms with E-state index in [9.17, 15) is 4.39 Å². The molecule has 1 nitrogen and oxygen atoms in total. The summed E-state index contributed by atoms with van der Waals surface area (Å²) in [5.74, 6) is -0.385. The molecule has 0 atom stereocenters. The Kier molecular flexibility index (Phi) is 3.57. The fourth-order valence-electron chi connectivity index (χ4n) is 2.25. The molecule has 0 aliphatic carbocycles. The summed E-state index contributed by atoms with van der Waals surface area (Å²) < 4.78 is 13.4. The maximum atomic E-state index is 13.4. The van der Waals surface area contributed by atoms with Crippen LogP contribution in [0.4, 0.5) is 10.1 Å². The van der Waals surface area contributed by atoms with Crippen LogP contribution in [0.2, 0.25) is 5.02 Å². The first kappa shape index (κ1) is 12.9. The molecular weight excluding hydrogens is 273 g/mol. The van der Waals surface area contributed by atoms with Crippen LogP contribution in [-0.4, -0.2) is 0 Å². The van der Waals surface area contributed by atoms with Gasteiger partial charge in [0.25, 0.3) is 0 Å². The number of hydrogen-bond acceptors (Lipinski definition) is 1. The summed E-state index contributed by atoms with van der Waals surface area (Å²) in [6.45, 7) is 0.491. The lowest BCUT2D eigenvalue weighted by Crippen LogP contribution is -2.01. The molecule has 3 heteroatoms. The van der Waals surface area contributed by atoms with Gasteiger partial charge in [0, 0.05) is 17.6 Å². The van der Waals surface area contributed by atoms with Gasteiger partial charge in [-0.1, -0.05) is 60.1 Å². The van der Waals surface area contributed by atoms with Gasteiger partial charge >= 0.3 is 0 Å². The molecule has 3 aromatic carbocycles. The predicted molar refractivity (Wildman–Crippen MR) is 82.7 cm³/mol. The largest absolute Gasteiger partial charge is 0.380 e. The van der Waals surface area contributed by atoms with E-state index in [0.29, 0.717) is 6.54 Å². The SMILES string of the molecule is Fc1cccc(CNc2cccc3ccccc23)c1Cl. The van der Waals surface area contributed by atoms with Crippen molar-refractivity contribution in [2.24, 2.45) is 0 Å². The van der Waals surface area contributed by atoms with Crippen molar-refractivity contribution in [2.45, 2.75) is 6.54 Å². The van der Waals surface area contributed by atoms with E-state index in [-0.39, 0.29) is 10.8 Å². The molecule has 100 valence electrons. The van der Waals surface area contributed by atoms with Crippen molar-refractivity contribution < 1.29 is 4.39 Å². The molecule has 0 unspecified atom stereocenters. The molecular formula is C17H13ClFN. The number of fused-ring (bicyclic) bond motifs is 1. The molecule has 0 fully saturated rings. The maximum absolute atomic E-state index is 13.4. The van der Waals surface area contributed by atoms with Gasteiger partial charge in [-0.15, -0.1) is 0 Å². The average Bonchev–Trinajstić information content (AvgIpc) is 2.49. The van der Waals surface area contributed by atoms with Gasteiger partial charge in [-0.05, 0) is 23.1 Å². The summed E-state index contributed by atoms with van der Waals surface area (Å²) in [5, 5.41) is 5.81. The van der Waals surface area contributed by atoms with Crippen LogP contribution in [0.15, 0.2) is 60.7 Å². The van der Waals surface area contributed by atoms with Gasteiger partial charge in [0.2, 0.25) is 0 Å². The molecule has 0 radical (unpaired) electrons. The number of nitrogens with one attached hydrogen (secondary N) is 1. The van der Waals surface area contributed by atoms with E-state index < -0.39 is 0 Å². The molecule has 0 bridgehead atoms. The van der Waals surface area contributed by atoms with Gasteiger partial charge in [0.05, 0.1) is 5.02 Å². The van der Waals surface area contributed by atoms with Crippen molar-refractivity contribution in [3.05, 3.63) is 77.1 Å². The number of rotatable bonds is 3. The molecule has 0 aliphatic heterocycles. The highest BCUT2D eigenvalue weighted by molar-refractivity contribution is 6.31. The highest BCUT2D eigenvalue weighted by Crippen LogP contribution is 2.25. The zero-order valence-electron chi connectivity index (χ0n) is 10.7. The predicted octanol–water partition coefficient (Wildman–Crippen LogP) is 5.24. The van der Waals surface area contributed by atoms with Crippen LogP contribution in [0.5, 0.6) is 0 Å². The van der Waals surface area contributed by atoms with Crippen molar-refractivity contribution in [3.8, 4) is 0 Å². The van der Waals surface area contributed by atoms with Crippen LogP contribution >= 0.6 is 11.6 Å². The van der Waals surface area contributed by atoms with Crippen molar-refractivity contribution in [3.63, 3.8) is 0 Å². The first-order chi connectivity index (χ1) is 9.75. The average molecular weight is 286 g/mol. The lowest BCUT2D eigenvalue weighted by Gasteiger charge is -2.11. The van der Waals surface area contributed by atoms with E-state index >= 15 is 0 Å². The van der Waals surface area contributed by atoms with Crippen LogP contribution in [-0.2, 0) is 6.54 Å². The van der Waals surface area contributed by atoms with Crippen LogP contribution in [0.1, 0.15) is 5.56 Å². The summed E-state index contributed by atoms with van der Waals surface area (Å²) in [5.41, 5.74) is 1.77. The molecule has 0 saturated carbocycles. The van der Waals surface area contributed by atoms with Gasteiger partial charge < -0.3 is 5.32 Å². The molecule has 20 heavy (non-hydrogen) atoms. The molecule has 1 N–H and O–H groups in total. The Morgan fingerprint density at radius 3 is 2.55 bits per heavy atom. The van der Waals surface area contributed by atoms with Gasteiger partial charge in [0.1, 0.15) is 5.82 Å². The van der Waals surface area contributed by atoms with Gasteiger partial charge in [-0.25, -0.2) is 4.39 Å². The van der Waals surface area contributed by atoms with Crippen LogP contribution < -0.4 is 5.32 Å². The number of anilines is 1. The Morgan fingerprint density at radius 1 is 0.900 bits per heavy atom. The fourth-order valence-corrected chi connectivity index (χ4v) is 2.45. The minimum atomic E-state index is -0.385. The lowest BCUT2D eigenvalue weighted by atomic mass is 10.1. The van der Waals surface area contributed by atoms with E-state index in [1.54, 1.807) is 6.07 Å². The maximum Gasteiger partial charge on any atom is 0.142 e. The molecule has 0 aliphatic rings. The normalized spacial score (nSPS) is 10.7. The second-order valence-electron chi connectivity index (χ2n) is 4.59. The van der Waals surface area contributed by atoms with E-state index in [1.807, 2.05) is 30.3 Å². The Bertz CT molecular complexity index is 750. The number of hydrogen-bond donors (Lipinski definition) is 1. The Labute approximate surface area is 122 Å². The summed E-state index contributed by atoms with van der Waals surface area (Å²) in [4.78, 5) is 0. The molecule has 0 amide bonds. The van der Waals surface area contributed by atoms with Crippen LogP contribution in [0.3, 0.4) is 0 Å². The van der Waals surface area contributed by atoms with E-state index in [1.165, 1.54) is 11.5 Å². The monoisotopic (exact) mass is 285 g/mol. The number of halogens is 2. The molecule has 3 rings (SSSR count). The molecule has 0 heterocycles. The second-order valence-corrected chi connectivity index (χ2v) is 4.97. The van der Waals surface area contributed by atoms with Crippen LogP contribution in [0.25, 0.3) is 10.8 Å². The van der Waals surface area contributed by atoms with Crippen molar-refractivity contribution in [1.82, 2.24) is 0 Å². The van der Waals surface area contributed by atoms with Crippen LogP contribution in [0, 0.1) is 5.82 Å². The summed E-state index contributed by atoms with van der Waals surface area (Å²) >= 11 is 5.96. The van der Waals surface area contributed by atoms with Crippen molar-refractivity contribution in [2.75, 3.05) is 5.32 Å². The molecule has 0 saturated heterocycles. The third-order valence-electron chi connectivity index (χ3n) is 3.29. The zero-order chi connectivity index (χ0) is 13.9. The topological polar surface area (TPSA) is 12.0 Å². The Hall–Kier alpha value is -2.06. The first-order valence-corrected chi connectivity index (χ1v) is 6.78. The Morgan fingerprint density at radius 2 is 1.65 bits per heavy atom. The third kappa shape index (κ3) is 2.47. The smallest absolute Gasteiger partial charge is 0.142 e. The highest BCUT2D eigenvalue weighted by atomic mass is 35.5. The van der Waals surface area contributed by atoms with Crippen molar-refractivity contribution in [1.29, 1.82) is 0 Å². The summed E-state index contributed by atoms with van der Waals surface area (Å²) in [6.07, 6.45) is 0. The summed E-state index contributed by atoms with van der Waals surface area (Å²) in [6, 6.07) is 19.1. The van der Waals surface area contributed by atoms with Gasteiger partial charge in [-0.3, -0.25) is 0 Å². The molecule has 3 aromatic rings. The molecule has 0 spiro atoms. The van der Waals surface area contributed by atoms with Crippen molar-refractivity contribution >= 4 is 28.1 Å². The highest BCUT2D eigenvalue weighted by Gasteiger charge is 2.06. The third-order valence-corrected chi connectivity index (χ3v) is 3.71. The van der Waals surface area contributed by atoms with E-state index in [4.69, 9.17) is 11.6 Å². The minimum absolute atomic E-state index is 0.181. The molecule has 0 aromatic heterocycles. The van der Waals surface area contributed by atoms with Gasteiger partial charge in [0.15, 0.2) is 0 Å². The quantitative estimate of drug-likeness (QED) is 0.693. The lowest BCUT2D eigenvalue weighted by molar-refractivity contribution is 0.626. The standard InChI is InChI=1S/C17H13ClFN/c18-17-13(7-3-9-15(17)19)11-20-16-10-4-6-12-5-1-2-8-14(12)16/h1-10,20H,11H2.